The van der Waals surface area contributed by atoms with Crippen molar-refractivity contribution < 1.29 is 0 Å². The predicted molar refractivity (Wildman–Crippen MR) is 377 cm³/mol. The molecule has 428 valence electrons. The molecule has 0 atom stereocenters. The van der Waals surface area contributed by atoms with E-state index >= 15 is 0 Å². The molecular formula is C85H70BN3. The van der Waals surface area contributed by atoms with E-state index in [0.717, 1.165) is 17.5 Å². The van der Waals surface area contributed by atoms with Crippen molar-refractivity contribution in [1.29, 1.82) is 0 Å². The van der Waals surface area contributed by atoms with E-state index < -0.39 is 0 Å². The van der Waals surface area contributed by atoms with Gasteiger partial charge < -0.3 is 14.7 Å². The first-order chi connectivity index (χ1) is 43.8. The molecule has 3 nitrogen and oxygen atoms in total. The van der Waals surface area contributed by atoms with Crippen LogP contribution >= 0.6 is 0 Å². The van der Waals surface area contributed by atoms with Crippen LogP contribution in [0.1, 0.15) is 58.4 Å². The molecule has 2 saturated heterocycles. The van der Waals surface area contributed by atoms with E-state index in [0.29, 0.717) is 12.1 Å². The lowest BCUT2D eigenvalue weighted by Crippen LogP contribution is -2.62. The number of anilines is 7. The van der Waals surface area contributed by atoms with E-state index in [4.69, 9.17) is 0 Å². The fourth-order valence-corrected chi connectivity index (χ4v) is 16.5. The highest BCUT2D eigenvalue weighted by molar-refractivity contribution is 7.00. The minimum absolute atomic E-state index is 0.119. The molecule has 4 bridgehead atoms. The predicted octanol–water partition coefficient (Wildman–Crippen LogP) is 20.5. The SMILES string of the molecule is CC(C)(C)c1cc2c3c(c1)N(c1c(-c4ccccc4)cc(-c4ccccc4)cc1-c1ccccc1)c1cc(N4C5CC6CC(C5)CC4C6)ccc1B3c1ccc(-c3ccccc3)cc1N2c1c(-c2ccccc2)cc(-c2ccccc2)cc1-c1ccccc1. The van der Waals surface area contributed by atoms with Crippen LogP contribution in [-0.2, 0) is 5.41 Å². The van der Waals surface area contributed by atoms with E-state index in [-0.39, 0.29) is 12.1 Å². The van der Waals surface area contributed by atoms with E-state index in [1.807, 2.05) is 0 Å². The van der Waals surface area contributed by atoms with Crippen LogP contribution in [0.3, 0.4) is 0 Å². The highest BCUT2D eigenvalue weighted by Crippen LogP contribution is 2.57. The van der Waals surface area contributed by atoms with Crippen molar-refractivity contribution in [3.05, 3.63) is 291 Å². The van der Waals surface area contributed by atoms with Crippen LogP contribution in [0.4, 0.5) is 39.8 Å². The lowest BCUT2D eigenvalue weighted by molar-refractivity contribution is 0.0900. The van der Waals surface area contributed by atoms with Gasteiger partial charge in [0.25, 0.3) is 6.71 Å². The normalized spacial score (nSPS) is 17.7. The maximum atomic E-state index is 2.91. The Morgan fingerprint density at radius 3 is 1.01 bits per heavy atom. The first kappa shape index (κ1) is 53.4. The Bertz CT molecular complexity index is 4490. The summed E-state index contributed by atoms with van der Waals surface area (Å²) in [6.07, 6.45) is 6.60. The van der Waals surface area contributed by atoms with Gasteiger partial charge in [-0.3, -0.25) is 0 Å². The van der Waals surface area contributed by atoms with Crippen molar-refractivity contribution in [3.8, 4) is 77.9 Å². The molecule has 12 aromatic carbocycles. The van der Waals surface area contributed by atoms with E-state index in [1.165, 1.54) is 166 Å². The second kappa shape index (κ2) is 21.5. The summed E-state index contributed by atoms with van der Waals surface area (Å²) in [6, 6.07) is 109. The van der Waals surface area contributed by atoms with Gasteiger partial charge in [0, 0.05) is 62.8 Å². The summed E-state index contributed by atoms with van der Waals surface area (Å²) < 4.78 is 0. The highest BCUT2D eigenvalue weighted by atomic mass is 15.2. The monoisotopic (exact) mass is 1140 g/mol. The van der Waals surface area contributed by atoms with Crippen LogP contribution in [0.15, 0.2) is 285 Å². The van der Waals surface area contributed by atoms with Crippen LogP contribution in [0.2, 0.25) is 0 Å². The first-order valence-electron chi connectivity index (χ1n) is 32.3. The summed E-state index contributed by atoms with van der Waals surface area (Å²) in [6.45, 7) is 7.11. The van der Waals surface area contributed by atoms with Crippen molar-refractivity contribution >= 4 is 62.9 Å². The third-order valence-corrected chi connectivity index (χ3v) is 20.4. The quantitative estimate of drug-likeness (QED) is 0.126. The average molecular weight is 1140 g/mol. The molecule has 0 amide bonds. The van der Waals surface area contributed by atoms with Crippen molar-refractivity contribution in [1.82, 2.24) is 0 Å². The Labute approximate surface area is 525 Å². The van der Waals surface area contributed by atoms with Gasteiger partial charge >= 0.3 is 0 Å². The van der Waals surface area contributed by atoms with Gasteiger partial charge in [-0.2, -0.15) is 0 Å². The molecule has 12 aromatic rings. The fourth-order valence-electron chi connectivity index (χ4n) is 16.5. The smallest absolute Gasteiger partial charge is 0.252 e. The molecule has 2 aliphatic carbocycles. The maximum absolute atomic E-state index is 2.91. The highest BCUT2D eigenvalue weighted by Gasteiger charge is 2.49. The van der Waals surface area contributed by atoms with Crippen molar-refractivity contribution in [2.45, 2.75) is 70.4 Å². The van der Waals surface area contributed by atoms with Gasteiger partial charge in [0.1, 0.15) is 0 Å². The zero-order chi connectivity index (χ0) is 59.3. The molecule has 2 saturated carbocycles. The van der Waals surface area contributed by atoms with Crippen LogP contribution in [0.5, 0.6) is 0 Å². The van der Waals surface area contributed by atoms with Gasteiger partial charge in [0.15, 0.2) is 0 Å². The molecule has 0 N–H and O–H groups in total. The summed E-state index contributed by atoms with van der Waals surface area (Å²) in [7, 11) is 0. The number of hydrogen-bond acceptors (Lipinski definition) is 3. The molecule has 4 heteroatoms. The van der Waals surface area contributed by atoms with E-state index in [1.54, 1.807) is 0 Å². The fraction of sp³-hybridized carbons (Fsp3) is 0.153. The van der Waals surface area contributed by atoms with Gasteiger partial charge in [0.2, 0.25) is 0 Å². The molecule has 89 heavy (non-hydrogen) atoms. The molecule has 0 spiro atoms. The lowest BCUT2D eigenvalue weighted by atomic mass is 9.33. The molecule has 0 aromatic heterocycles. The summed E-state index contributed by atoms with van der Waals surface area (Å²) in [5.74, 6) is 1.69. The number of benzene rings is 12. The van der Waals surface area contributed by atoms with Gasteiger partial charge in [-0.25, -0.2) is 0 Å². The topological polar surface area (TPSA) is 9.72 Å². The molecule has 0 unspecified atom stereocenters. The van der Waals surface area contributed by atoms with Gasteiger partial charge in [-0.05, 0) is 182 Å². The van der Waals surface area contributed by atoms with E-state index in [9.17, 15) is 0 Å². The molecule has 6 aliphatic rings. The summed E-state index contributed by atoms with van der Waals surface area (Å²) in [5, 5.41) is 0. The molecule has 4 heterocycles. The van der Waals surface area contributed by atoms with Gasteiger partial charge in [-0.1, -0.05) is 251 Å². The number of rotatable bonds is 10. The molecule has 4 fully saturated rings. The van der Waals surface area contributed by atoms with Gasteiger partial charge in [0.05, 0.1) is 11.4 Å². The van der Waals surface area contributed by atoms with Gasteiger partial charge in [-0.15, -0.1) is 0 Å². The Morgan fingerprint density at radius 2 is 0.640 bits per heavy atom. The first-order valence-corrected chi connectivity index (χ1v) is 32.3. The summed E-state index contributed by atoms with van der Waals surface area (Å²) in [4.78, 5) is 8.40. The Morgan fingerprint density at radius 1 is 0.303 bits per heavy atom. The summed E-state index contributed by atoms with van der Waals surface area (Å²) in [5.41, 5.74) is 30.1. The number of hydrogen-bond donors (Lipinski definition) is 0. The minimum Gasteiger partial charge on any atom is -0.365 e. The Hall–Kier alpha value is -9.90. The van der Waals surface area contributed by atoms with Crippen LogP contribution in [0.25, 0.3) is 77.9 Å². The summed E-state index contributed by atoms with van der Waals surface area (Å²) >= 11 is 0. The van der Waals surface area contributed by atoms with Crippen LogP contribution < -0.4 is 31.1 Å². The van der Waals surface area contributed by atoms with Crippen molar-refractivity contribution in [2.75, 3.05) is 14.7 Å². The van der Waals surface area contributed by atoms with E-state index in [2.05, 4.69) is 321 Å². The average Bonchev–Trinajstić information content (AvgIpc) is 0.705. The lowest BCUT2D eigenvalue weighted by Gasteiger charge is -2.57. The Kier molecular flexibility index (Phi) is 12.9. The van der Waals surface area contributed by atoms with Crippen LogP contribution in [-0.4, -0.2) is 18.8 Å². The number of nitrogens with zero attached hydrogens (tertiary/aromatic N) is 3. The molecule has 18 rings (SSSR count). The largest absolute Gasteiger partial charge is 0.365 e. The molecule has 0 radical (unpaired) electrons. The van der Waals surface area contributed by atoms with Crippen molar-refractivity contribution in [3.63, 3.8) is 0 Å². The zero-order valence-electron chi connectivity index (χ0n) is 50.9. The number of fused-ring (bicyclic) bond motifs is 4. The molecule has 4 aliphatic heterocycles. The third kappa shape index (κ3) is 9.17. The maximum Gasteiger partial charge on any atom is 0.252 e. The Balaban J connectivity index is 1.03. The minimum atomic E-state index is -0.262. The second-order valence-electron chi connectivity index (χ2n) is 26.8. The number of piperidine rings is 2. The molecular weight excluding hydrogens is 1070 g/mol. The van der Waals surface area contributed by atoms with Crippen molar-refractivity contribution in [2.24, 2.45) is 11.8 Å². The second-order valence-corrected chi connectivity index (χ2v) is 26.8. The van der Waals surface area contributed by atoms with Crippen LogP contribution in [0, 0.1) is 11.8 Å². The third-order valence-electron chi connectivity index (χ3n) is 20.4. The standard InChI is InChI=1S/C85H70BN3/c1-85(2,3)68-53-80-82-81(54-68)89(84-74(63-35-21-9-22-36-63)50-67(60-29-15-6-16-30-60)51-75(84)64-37-23-10-24-38-64)79-55-69(87-70-44-56-43-57(46-70)47-71(87)45-56)40-42-77(79)86(82)76-41-39-65(58-25-11-4-12-26-58)52-78(76)88(80)83-72(61-31-17-7-18-32-61)48-66(59-27-13-5-14-28-59)49-73(83)62-33-19-8-20-34-62/h4-42,48-57,70-71H,43-47H2,1-3H3. The zero-order valence-corrected chi connectivity index (χ0v) is 50.9.